The summed E-state index contributed by atoms with van der Waals surface area (Å²) >= 11 is 0. The second kappa shape index (κ2) is 12.3. The molecule has 8 nitrogen and oxygen atoms in total. The molecule has 0 aliphatic carbocycles. The maximum atomic E-state index is 14.3. The summed E-state index contributed by atoms with van der Waals surface area (Å²) in [7, 11) is 3.10. The Morgan fingerprint density at radius 3 is 2.10 bits per heavy atom. The Morgan fingerprint density at radius 1 is 0.902 bits per heavy atom. The summed E-state index contributed by atoms with van der Waals surface area (Å²) < 4.78 is 17.5. The fourth-order valence-electron chi connectivity index (χ4n) is 6.33. The van der Waals surface area contributed by atoms with Crippen molar-refractivity contribution in [1.29, 1.82) is 0 Å². The van der Waals surface area contributed by atoms with Crippen molar-refractivity contribution in [2.45, 2.75) is 31.0 Å². The van der Waals surface area contributed by atoms with Crippen molar-refractivity contribution >= 4 is 11.9 Å². The Bertz CT molecular complexity index is 1300. The van der Waals surface area contributed by atoms with Gasteiger partial charge >= 0.3 is 5.97 Å². The first kappa shape index (κ1) is 28.6. The van der Waals surface area contributed by atoms with Crippen LogP contribution in [0.25, 0.3) is 0 Å². The number of methoxy groups -OCH3 is 2. The molecule has 3 aromatic rings. The zero-order valence-electron chi connectivity index (χ0n) is 23.7. The van der Waals surface area contributed by atoms with Crippen LogP contribution in [0, 0.1) is 5.92 Å². The van der Waals surface area contributed by atoms with E-state index in [1.807, 2.05) is 12.1 Å². The Kier molecular flexibility index (Phi) is 8.61. The van der Waals surface area contributed by atoms with E-state index in [-0.39, 0.29) is 17.9 Å². The van der Waals surface area contributed by atoms with Crippen molar-refractivity contribution in [1.82, 2.24) is 5.32 Å². The average Bonchev–Trinajstić information content (AvgIpc) is 3.03. The molecular formula is C33H38N2O6. The molecule has 3 aliphatic heterocycles. The first-order valence-electron chi connectivity index (χ1n) is 14.3. The summed E-state index contributed by atoms with van der Waals surface area (Å²) in [6.45, 7) is 4.13. The van der Waals surface area contributed by atoms with E-state index in [1.54, 1.807) is 80.9 Å². The molecule has 41 heavy (non-hydrogen) atoms. The summed E-state index contributed by atoms with van der Waals surface area (Å²) in [5.74, 6) is 0.444. The lowest BCUT2D eigenvalue weighted by molar-refractivity contribution is -0.946. The third-order valence-electron chi connectivity index (χ3n) is 8.69. The van der Waals surface area contributed by atoms with E-state index in [4.69, 9.17) is 14.2 Å². The maximum Gasteiger partial charge on any atom is 0.304 e. The van der Waals surface area contributed by atoms with Crippen LogP contribution in [-0.4, -0.2) is 69.4 Å². The van der Waals surface area contributed by atoms with E-state index < -0.39 is 11.6 Å². The number of hydrogen-bond donors (Lipinski definition) is 1. The minimum Gasteiger partial charge on any atom is -0.834 e. The van der Waals surface area contributed by atoms with Gasteiger partial charge in [-0.05, 0) is 29.3 Å². The van der Waals surface area contributed by atoms with Crippen LogP contribution in [0.15, 0.2) is 78.9 Å². The highest BCUT2D eigenvalue weighted by molar-refractivity contribution is 5.94. The molecule has 3 heterocycles. The fraction of sp³-hybridized carbons (Fsp3) is 0.394. The van der Waals surface area contributed by atoms with Gasteiger partial charge in [-0.2, -0.15) is 0 Å². The topological polar surface area (TPSA) is 96.9 Å². The number of esters is 1. The van der Waals surface area contributed by atoms with E-state index in [0.717, 1.165) is 43.4 Å². The zero-order valence-corrected chi connectivity index (χ0v) is 23.7. The van der Waals surface area contributed by atoms with Crippen LogP contribution in [-0.2, 0) is 15.1 Å². The van der Waals surface area contributed by atoms with Crippen molar-refractivity contribution in [3.05, 3.63) is 95.6 Å². The number of rotatable bonds is 11. The predicted octanol–water partition coefficient (Wildman–Crippen LogP) is 3.28. The molecule has 0 radical (unpaired) electrons. The Hall–Kier alpha value is -3.88. The van der Waals surface area contributed by atoms with Gasteiger partial charge in [-0.1, -0.05) is 60.7 Å². The Morgan fingerprint density at radius 2 is 1.51 bits per heavy atom. The van der Waals surface area contributed by atoms with Gasteiger partial charge in [0.2, 0.25) is 0 Å². The number of benzene rings is 3. The molecule has 0 aromatic heterocycles. The number of quaternary nitrogens is 1. The first-order valence-corrected chi connectivity index (χ1v) is 14.3. The maximum absolute atomic E-state index is 14.3. The van der Waals surface area contributed by atoms with Crippen molar-refractivity contribution < 1.29 is 33.4 Å². The van der Waals surface area contributed by atoms with Crippen LogP contribution >= 0.6 is 0 Å². The van der Waals surface area contributed by atoms with Crippen LogP contribution in [0.5, 0.6) is 11.5 Å². The minimum atomic E-state index is -2.13. The molecule has 3 fully saturated rings. The number of nitrogens with zero attached hydrogens (tertiary/aromatic N) is 1. The summed E-state index contributed by atoms with van der Waals surface area (Å²) in [6.07, 6.45) is 2.41. The SMILES string of the molecule is COc1ccc(C(=O)NCCC[N+]23CCC(CC2)C(OC(=O)C([O-])(c2ccccc2)c2ccccc2)C3)cc1OC. The molecule has 0 spiro atoms. The smallest absolute Gasteiger partial charge is 0.304 e. The normalized spacial score (nSPS) is 21.6. The van der Waals surface area contributed by atoms with Crippen LogP contribution in [0.1, 0.15) is 40.7 Å². The number of carbonyl (C=O) groups is 2. The summed E-state index contributed by atoms with van der Waals surface area (Å²) in [5.41, 5.74) is -0.857. The zero-order chi connectivity index (χ0) is 28.9. The van der Waals surface area contributed by atoms with E-state index in [1.165, 1.54) is 0 Å². The highest BCUT2D eigenvalue weighted by atomic mass is 16.6. The van der Waals surface area contributed by atoms with Gasteiger partial charge in [-0.3, -0.25) is 9.59 Å². The van der Waals surface area contributed by atoms with Crippen LogP contribution < -0.4 is 19.9 Å². The van der Waals surface area contributed by atoms with E-state index in [2.05, 4.69) is 5.32 Å². The molecule has 1 unspecified atom stereocenters. The molecule has 216 valence electrons. The van der Waals surface area contributed by atoms with Crippen LogP contribution in [0.4, 0.5) is 0 Å². The molecule has 3 aliphatic rings. The van der Waals surface area contributed by atoms with Crippen molar-refractivity contribution in [2.24, 2.45) is 5.92 Å². The molecule has 2 bridgehead atoms. The monoisotopic (exact) mass is 558 g/mol. The lowest BCUT2D eigenvalue weighted by Gasteiger charge is -2.53. The van der Waals surface area contributed by atoms with E-state index in [9.17, 15) is 14.7 Å². The molecule has 1 N–H and O–H groups in total. The quantitative estimate of drug-likeness (QED) is 0.221. The fourth-order valence-corrected chi connectivity index (χ4v) is 6.33. The highest BCUT2D eigenvalue weighted by Gasteiger charge is 2.48. The molecule has 3 saturated heterocycles. The lowest BCUT2D eigenvalue weighted by Crippen LogP contribution is -2.65. The van der Waals surface area contributed by atoms with E-state index in [0.29, 0.717) is 41.3 Å². The summed E-state index contributed by atoms with van der Waals surface area (Å²) in [5, 5.41) is 17.3. The number of hydrogen-bond acceptors (Lipinski definition) is 6. The number of amides is 1. The van der Waals surface area contributed by atoms with Gasteiger partial charge in [-0.15, -0.1) is 0 Å². The third kappa shape index (κ3) is 5.94. The van der Waals surface area contributed by atoms with Gasteiger partial charge in [0.25, 0.3) is 5.91 Å². The van der Waals surface area contributed by atoms with Crippen LogP contribution in [0.2, 0.25) is 0 Å². The van der Waals surface area contributed by atoms with Crippen molar-refractivity contribution in [2.75, 3.05) is 46.9 Å². The number of piperidine rings is 3. The molecule has 1 atom stereocenters. The number of fused-ring (bicyclic) bond motifs is 3. The predicted molar refractivity (Wildman–Crippen MR) is 152 cm³/mol. The van der Waals surface area contributed by atoms with Crippen molar-refractivity contribution in [3.63, 3.8) is 0 Å². The Labute approximate surface area is 241 Å². The Balaban J connectivity index is 1.21. The van der Waals surface area contributed by atoms with E-state index >= 15 is 0 Å². The first-order chi connectivity index (χ1) is 19.9. The molecule has 0 saturated carbocycles. The van der Waals surface area contributed by atoms with Crippen LogP contribution in [0.3, 0.4) is 0 Å². The average molecular weight is 559 g/mol. The highest BCUT2D eigenvalue weighted by Crippen LogP contribution is 2.37. The molecule has 8 heteroatoms. The molecular weight excluding hydrogens is 520 g/mol. The summed E-state index contributed by atoms with van der Waals surface area (Å²) in [4.78, 5) is 26.4. The van der Waals surface area contributed by atoms with Gasteiger partial charge < -0.3 is 29.1 Å². The largest absolute Gasteiger partial charge is 0.834 e. The number of ether oxygens (including phenoxy) is 3. The van der Waals surface area contributed by atoms with Gasteiger partial charge in [-0.25, -0.2) is 0 Å². The molecule has 6 rings (SSSR count). The van der Waals surface area contributed by atoms with Gasteiger partial charge in [0.05, 0.1) is 33.9 Å². The van der Waals surface area contributed by atoms with Gasteiger partial charge in [0, 0.05) is 42.9 Å². The number of nitrogens with one attached hydrogen (secondary N) is 1. The van der Waals surface area contributed by atoms with Gasteiger partial charge in [0.15, 0.2) is 17.6 Å². The third-order valence-corrected chi connectivity index (χ3v) is 8.69. The number of carbonyl (C=O) groups excluding carboxylic acids is 2. The minimum absolute atomic E-state index is 0.163. The lowest BCUT2D eigenvalue weighted by atomic mass is 9.82. The summed E-state index contributed by atoms with van der Waals surface area (Å²) in [6, 6.07) is 22.7. The van der Waals surface area contributed by atoms with Crippen molar-refractivity contribution in [3.8, 4) is 11.5 Å². The van der Waals surface area contributed by atoms with Gasteiger partial charge in [0.1, 0.15) is 6.54 Å². The standard InChI is InChI=1S/C33H38N2O6/c1-39-28-15-14-25(22-29(28)40-2)31(36)34-18-9-19-35-20-16-24(17-21-35)30(23-35)41-32(37)33(38,26-10-5-3-6-11-26)27-12-7-4-8-13-27/h3-8,10-15,22,24,30H,9,16-21,23H2,1-2H3,(H,34,36). The molecule has 1 amide bonds. The second-order valence-corrected chi connectivity index (χ2v) is 11.1. The molecule has 3 aromatic carbocycles. The second-order valence-electron chi connectivity index (χ2n) is 11.1.